The highest BCUT2D eigenvalue weighted by Crippen LogP contribution is 2.44. The highest BCUT2D eigenvalue weighted by atomic mass is 32.2. The van der Waals surface area contributed by atoms with Gasteiger partial charge in [-0.2, -0.15) is 0 Å². The molecule has 0 unspecified atom stereocenters. The normalized spacial score (nSPS) is 18.1. The van der Waals surface area contributed by atoms with Gasteiger partial charge in [0.25, 0.3) is 11.8 Å². The van der Waals surface area contributed by atoms with Gasteiger partial charge in [0.05, 0.1) is 12.0 Å². The Kier molecular flexibility index (Phi) is 5.50. The summed E-state index contributed by atoms with van der Waals surface area (Å²) in [5, 5.41) is 0. The van der Waals surface area contributed by atoms with Crippen LogP contribution in [0, 0.1) is 5.82 Å². The molecule has 2 amide bonds. The molecule has 7 heteroatoms. The molecule has 2 aromatic rings. The highest BCUT2D eigenvalue weighted by molar-refractivity contribution is 8.00. The zero-order valence-corrected chi connectivity index (χ0v) is 17.1. The van der Waals surface area contributed by atoms with Gasteiger partial charge in [-0.15, -0.1) is 11.8 Å². The lowest BCUT2D eigenvalue weighted by atomic mass is 10.00. The number of ether oxygens (including phenoxy) is 1. The largest absolute Gasteiger partial charge is 0.497 e. The van der Waals surface area contributed by atoms with Crippen molar-refractivity contribution in [1.29, 1.82) is 0 Å². The van der Waals surface area contributed by atoms with Gasteiger partial charge in [0.1, 0.15) is 11.6 Å². The molecule has 4 rings (SSSR count). The van der Waals surface area contributed by atoms with Gasteiger partial charge in [0.15, 0.2) is 0 Å². The Morgan fingerprint density at radius 3 is 2.14 bits per heavy atom. The zero-order valence-electron chi connectivity index (χ0n) is 16.3. The number of nitrogens with zero attached hydrogens (tertiary/aromatic N) is 2. The maximum atomic E-state index is 13.2. The van der Waals surface area contributed by atoms with Gasteiger partial charge in [-0.1, -0.05) is 0 Å². The van der Waals surface area contributed by atoms with Crippen LogP contribution < -0.4 is 4.74 Å². The maximum Gasteiger partial charge on any atom is 0.254 e. The SMILES string of the molecule is COc1ccc(C(=O)N2CCC3(CC2)SCCN3C(=O)c2ccc(F)cc2)cc1. The minimum Gasteiger partial charge on any atom is -0.497 e. The predicted molar refractivity (Wildman–Crippen MR) is 111 cm³/mol. The van der Waals surface area contributed by atoms with Crippen LogP contribution in [0.15, 0.2) is 48.5 Å². The lowest BCUT2D eigenvalue weighted by Crippen LogP contribution is -2.53. The van der Waals surface area contributed by atoms with Crippen LogP contribution in [-0.2, 0) is 0 Å². The molecule has 2 heterocycles. The number of hydrogen-bond acceptors (Lipinski definition) is 4. The van der Waals surface area contributed by atoms with Crippen LogP contribution >= 0.6 is 11.8 Å². The molecular formula is C22H23FN2O3S. The Bertz CT molecular complexity index is 893. The number of thioether (sulfide) groups is 1. The van der Waals surface area contributed by atoms with E-state index in [1.807, 2.05) is 9.80 Å². The van der Waals surface area contributed by atoms with Crippen molar-refractivity contribution < 1.29 is 18.7 Å². The summed E-state index contributed by atoms with van der Waals surface area (Å²) in [6.45, 7) is 1.88. The number of halogens is 1. The van der Waals surface area contributed by atoms with E-state index in [1.165, 1.54) is 24.3 Å². The summed E-state index contributed by atoms with van der Waals surface area (Å²) in [5.74, 6) is 1.18. The number of benzene rings is 2. The van der Waals surface area contributed by atoms with Crippen LogP contribution in [-0.4, -0.2) is 59.0 Å². The molecular weight excluding hydrogens is 391 g/mol. The van der Waals surface area contributed by atoms with E-state index in [0.29, 0.717) is 30.8 Å². The van der Waals surface area contributed by atoms with Crippen molar-refractivity contribution in [2.75, 3.05) is 32.5 Å². The standard InChI is InChI=1S/C22H23FN2O3S/c1-28-19-8-4-16(5-9-19)20(26)24-12-10-22(11-13-24)25(14-15-29-22)21(27)17-2-6-18(23)7-3-17/h2-9H,10-15H2,1H3. The average Bonchev–Trinajstić information content (AvgIpc) is 3.16. The summed E-state index contributed by atoms with van der Waals surface area (Å²) in [6, 6.07) is 12.8. The van der Waals surface area contributed by atoms with Gasteiger partial charge in [-0.3, -0.25) is 9.59 Å². The number of methoxy groups -OCH3 is 1. The van der Waals surface area contributed by atoms with Crippen LogP contribution in [0.2, 0.25) is 0 Å². The molecule has 2 aromatic carbocycles. The van der Waals surface area contributed by atoms with E-state index in [4.69, 9.17) is 4.74 Å². The Morgan fingerprint density at radius 1 is 0.931 bits per heavy atom. The number of piperidine rings is 1. The van der Waals surface area contributed by atoms with E-state index in [9.17, 15) is 14.0 Å². The molecule has 2 aliphatic heterocycles. The average molecular weight is 415 g/mol. The number of carbonyl (C=O) groups excluding carboxylic acids is 2. The molecule has 0 N–H and O–H groups in total. The summed E-state index contributed by atoms with van der Waals surface area (Å²) < 4.78 is 18.4. The second-order valence-electron chi connectivity index (χ2n) is 7.28. The Hall–Kier alpha value is -2.54. The Labute approximate surface area is 173 Å². The van der Waals surface area contributed by atoms with E-state index in [-0.39, 0.29) is 22.5 Å². The summed E-state index contributed by atoms with van der Waals surface area (Å²) in [4.78, 5) is 29.3. The first kappa shape index (κ1) is 19.8. The maximum absolute atomic E-state index is 13.2. The fraction of sp³-hybridized carbons (Fsp3) is 0.364. The predicted octanol–water partition coefficient (Wildman–Crippen LogP) is 3.66. The summed E-state index contributed by atoms with van der Waals surface area (Å²) in [5.41, 5.74) is 1.14. The van der Waals surface area contributed by atoms with Gasteiger partial charge in [0.2, 0.25) is 0 Å². The topological polar surface area (TPSA) is 49.9 Å². The number of amides is 2. The fourth-order valence-corrected chi connectivity index (χ4v) is 5.49. The number of likely N-dealkylation sites (tertiary alicyclic amines) is 1. The minimum absolute atomic E-state index is 0.00177. The Balaban J connectivity index is 1.44. The van der Waals surface area contributed by atoms with E-state index in [0.717, 1.165) is 24.3 Å². The fourth-order valence-electron chi connectivity index (χ4n) is 4.03. The Morgan fingerprint density at radius 2 is 1.52 bits per heavy atom. The second-order valence-corrected chi connectivity index (χ2v) is 8.74. The first-order chi connectivity index (χ1) is 14.0. The molecule has 5 nitrogen and oxygen atoms in total. The van der Waals surface area contributed by atoms with Crippen molar-refractivity contribution in [3.63, 3.8) is 0 Å². The summed E-state index contributed by atoms with van der Waals surface area (Å²) in [6.07, 6.45) is 1.46. The summed E-state index contributed by atoms with van der Waals surface area (Å²) in [7, 11) is 1.60. The smallest absolute Gasteiger partial charge is 0.254 e. The third-order valence-electron chi connectivity index (χ3n) is 5.68. The van der Waals surface area contributed by atoms with Crippen LogP contribution in [0.4, 0.5) is 4.39 Å². The third-order valence-corrected chi connectivity index (χ3v) is 7.24. The molecule has 29 heavy (non-hydrogen) atoms. The first-order valence-electron chi connectivity index (χ1n) is 9.67. The van der Waals surface area contributed by atoms with Gasteiger partial charge in [0, 0.05) is 36.5 Å². The van der Waals surface area contributed by atoms with Crippen LogP contribution in [0.5, 0.6) is 5.75 Å². The van der Waals surface area contributed by atoms with Crippen molar-refractivity contribution in [2.24, 2.45) is 0 Å². The molecule has 1 spiro atoms. The monoisotopic (exact) mass is 414 g/mol. The van der Waals surface area contributed by atoms with E-state index in [2.05, 4.69) is 0 Å². The van der Waals surface area contributed by atoms with Crippen molar-refractivity contribution in [3.8, 4) is 5.75 Å². The van der Waals surface area contributed by atoms with Crippen molar-refractivity contribution in [3.05, 3.63) is 65.5 Å². The van der Waals surface area contributed by atoms with Crippen molar-refractivity contribution in [1.82, 2.24) is 9.80 Å². The van der Waals surface area contributed by atoms with E-state index < -0.39 is 0 Å². The molecule has 2 fully saturated rings. The lowest BCUT2D eigenvalue weighted by Gasteiger charge is -2.44. The van der Waals surface area contributed by atoms with Gasteiger partial charge in [-0.05, 0) is 61.4 Å². The number of carbonyl (C=O) groups is 2. The quantitative estimate of drug-likeness (QED) is 0.769. The number of hydrogen-bond donors (Lipinski definition) is 0. The summed E-state index contributed by atoms with van der Waals surface area (Å²) >= 11 is 1.79. The third kappa shape index (κ3) is 3.83. The minimum atomic E-state index is -0.350. The van der Waals surface area contributed by atoms with Gasteiger partial charge >= 0.3 is 0 Å². The van der Waals surface area contributed by atoms with Crippen molar-refractivity contribution >= 4 is 23.6 Å². The first-order valence-corrected chi connectivity index (χ1v) is 10.7. The molecule has 0 aliphatic carbocycles. The lowest BCUT2D eigenvalue weighted by molar-refractivity contribution is 0.0498. The zero-order chi connectivity index (χ0) is 20.4. The molecule has 2 aliphatic rings. The van der Waals surface area contributed by atoms with E-state index >= 15 is 0 Å². The number of rotatable bonds is 3. The molecule has 0 bridgehead atoms. The molecule has 152 valence electrons. The van der Waals surface area contributed by atoms with Gasteiger partial charge in [-0.25, -0.2) is 4.39 Å². The molecule has 2 saturated heterocycles. The van der Waals surface area contributed by atoms with E-state index in [1.54, 1.807) is 43.1 Å². The second kappa shape index (κ2) is 8.06. The van der Waals surface area contributed by atoms with Crippen LogP contribution in [0.3, 0.4) is 0 Å². The molecule has 0 atom stereocenters. The van der Waals surface area contributed by atoms with Crippen molar-refractivity contribution in [2.45, 2.75) is 17.7 Å². The van der Waals surface area contributed by atoms with Gasteiger partial charge < -0.3 is 14.5 Å². The molecule has 0 radical (unpaired) electrons. The highest BCUT2D eigenvalue weighted by Gasteiger charge is 2.47. The molecule has 0 saturated carbocycles. The van der Waals surface area contributed by atoms with Crippen LogP contribution in [0.1, 0.15) is 33.6 Å². The van der Waals surface area contributed by atoms with Crippen LogP contribution in [0.25, 0.3) is 0 Å². The molecule has 0 aromatic heterocycles.